The third-order valence-electron chi connectivity index (χ3n) is 2.45. The van der Waals surface area contributed by atoms with Crippen LogP contribution in [0, 0.1) is 13.8 Å². The Kier molecular flexibility index (Phi) is 4.20. The second kappa shape index (κ2) is 5.40. The van der Waals surface area contributed by atoms with Crippen molar-refractivity contribution < 1.29 is 8.42 Å². The molecular formula is C11H10BrClN2O2S2. The first kappa shape index (κ1) is 14.8. The zero-order chi connectivity index (χ0) is 14.2. The summed E-state index contributed by atoms with van der Waals surface area (Å²) in [5.74, 6) is 0. The molecule has 0 atom stereocenters. The summed E-state index contributed by atoms with van der Waals surface area (Å²) in [7, 11) is -3.65. The van der Waals surface area contributed by atoms with Crippen molar-refractivity contribution >= 4 is 54.6 Å². The van der Waals surface area contributed by atoms with Crippen LogP contribution >= 0.6 is 38.9 Å². The fourth-order valence-corrected chi connectivity index (χ4v) is 5.07. The third-order valence-corrected chi connectivity index (χ3v) is 6.70. The molecule has 0 fully saturated rings. The largest absolute Gasteiger partial charge is 0.276 e. The minimum atomic E-state index is -3.65. The van der Waals surface area contributed by atoms with Gasteiger partial charge >= 0.3 is 0 Å². The molecule has 8 heteroatoms. The van der Waals surface area contributed by atoms with Crippen LogP contribution in [0.5, 0.6) is 0 Å². The number of rotatable bonds is 3. The lowest BCUT2D eigenvalue weighted by Gasteiger charge is -2.09. The highest BCUT2D eigenvalue weighted by molar-refractivity contribution is 9.11. The van der Waals surface area contributed by atoms with Crippen molar-refractivity contribution in [2.45, 2.75) is 18.1 Å². The summed E-state index contributed by atoms with van der Waals surface area (Å²) in [6.45, 7) is 3.60. The summed E-state index contributed by atoms with van der Waals surface area (Å²) in [6.07, 6.45) is 1.53. The molecular weight excluding hydrogens is 372 g/mol. The van der Waals surface area contributed by atoms with Crippen LogP contribution in [0.25, 0.3) is 0 Å². The van der Waals surface area contributed by atoms with E-state index in [0.29, 0.717) is 5.69 Å². The van der Waals surface area contributed by atoms with E-state index in [9.17, 15) is 8.42 Å². The fourth-order valence-electron chi connectivity index (χ4n) is 1.40. The molecule has 2 aromatic rings. The maximum Gasteiger partial charge on any atom is 0.271 e. The minimum absolute atomic E-state index is 0.135. The summed E-state index contributed by atoms with van der Waals surface area (Å²) in [6, 6.07) is 3.30. The number of pyridine rings is 1. The SMILES string of the molecule is Cc1cc(S(=O)(=O)Nc2c(C)ccnc2Cl)sc1Br. The Bertz CT molecular complexity index is 689. The van der Waals surface area contributed by atoms with Crippen molar-refractivity contribution in [2.24, 2.45) is 0 Å². The van der Waals surface area contributed by atoms with Crippen LogP contribution in [0.2, 0.25) is 5.15 Å². The van der Waals surface area contributed by atoms with Crippen molar-refractivity contribution in [3.8, 4) is 0 Å². The maximum absolute atomic E-state index is 12.3. The monoisotopic (exact) mass is 380 g/mol. The van der Waals surface area contributed by atoms with Crippen LogP contribution in [0.15, 0.2) is 26.3 Å². The average molecular weight is 382 g/mol. The first-order valence-corrected chi connectivity index (χ1v) is 8.68. The second-order valence-corrected chi connectivity index (χ2v) is 8.56. The van der Waals surface area contributed by atoms with Crippen LogP contribution in [-0.4, -0.2) is 13.4 Å². The highest BCUT2D eigenvalue weighted by Gasteiger charge is 2.20. The van der Waals surface area contributed by atoms with Gasteiger partial charge in [-0.05, 0) is 53.0 Å². The molecule has 4 nitrogen and oxygen atoms in total. The van der Waals surface area contributed by atoms with Gasteiger partial charge in [-0.25, -0.2) is 13.4 Å². The van der Waals surface area contributed by atoms with Gasteiger partial charge in [0.1, 0.15) is 4.21 Å². The summed E-state index contributed by atoms with van der Waals surface area (Å²) >= 11 is 10.4. The number of thiophene rings is 1. The van der Waals surface area contributed by atoms with Gasteiger partial charge in [-0.15, -0.1) is 11.3 Å². The van der Waals surface area contributed by atoms with E-state index in [0.717, 1.165) is 26.3 Å². The van der Waals surface area contributed by atoms with Gasteiger partial charge in [-0.1, -0.05) is 11.6 Å². The van der Waals surface area contributed by atoms with Crippen molar-refractivity contribution in [3.63, 3.8) is 0 Å². The summed E-state index contributed by atoms with van der Waals surface area (Å²) in [4.78, 5) is 3.87. The fraction of sp³-hybridized carbons (Fsp3) is 0.182. The molecule has 0 bridgehead atoms. The van der Waals surface area contributed by atoms with E-state index in [2.05, 4.69) is 25.6 Å². The Labute approximate surface area is 129 Å². The molecule has 0 saturated carbocycles. The lowest BCUT2D eigenvalue weighted by Crippen LogP contribution is -2.13. The van der Waals surface area contributed by atoms with E-state index in [1.54, 1.807) is 19.1 Å². The molecule has 0 unspecified atom stereocenters. The topological polar surface area (TPSA) is 59.1 Å². The normalized spacial score (nSPS) is 11.6. The van der Waals surface area contributed by atoms with Gasteiger partial charge in [0.2, 0.25) is 0 Å². The standard InChI is InChI=1S/C11H10BrClN2O2S2/c1-6-3-4-14-11(13)9(6)15-19(16,17)8-5-7(2)10(12)18-8/h3-5,15H,1-2H3. The molecule has 0 amide bonds. The van der Waals surface area contributed by atoms with Gasteiger partial charge in [0.25, 0.3) is 10.0 Å². The Morgan fingerprint density at radius 3 is 2.58 bits per heavy atom. The van der Waals surface area contributed by atoms with Gasteiger partial charge in [-0.2, -0.15) is 0 Å². The van der Waals surface area contributed by atoms with Crippen LogP contribution in [0.3, 0.4) is 0 Å². The predicted octanol–water partition coefficient (Wildman–Crippen LogP) is 3.98. The first-order chi connectivity index (χ1) is 8.81. The molecule has 2 aromatic heterocycles. The molecule has 0 saturated heterocycles. The van der Waals surface area contributed by atoms with E-state index in [1.165, 1.54) is 6.20 Å². The van der Waals surface area contributed by atoms with Crippen molar-refractivity contribution in [2.75, 3.05) is 4.72 Å². The van der Waals surface area contributed by atoms with Gasteiger partial charge in [0.05, 0.1) is 9.47 Å². The molecule has 0 aliphatic heterocycles. The molecule has 2 heterocycles. The first-order valence-electron chi connectivity index (χ1n) is 5.21. The number of nitrogens with one attached hydrogen (secondary N) is 1. The van der Waals surface area contributed by atoms with Crippen molar-refractivity contribution in [1.82, 2.24) is 4.98 Å². The van der Waals surface area contributed by atoms with Gasteiger partial charge < -0.3 is 0 Å². The number of hydrogen-bond acceptors (Lipinski definition) is 4. The maximum atomic E-state index is 12.3. The lowest BCUT2D eigenvalue weighted by atomic mass is 10.3. The number of hydrogen-bond donors (Lipinski definition) is 1. The lowest BCUT2D eigenvalue weighted by molar-refractivity contribution is 0.603. The quantitative estimate of drug-likeness (QED) is 0.818. The number of aromatic nitrogens is 1. The zero-order valence-electron chi connectivity index (χ0n) is 10.1. The van der Waals surface area contributed by atoms with Crippen LogP contribution in [-0.2, 0) is 10.0 Å². The molecule has 0 aliphatic carbocycles. The van der Waals surface area contributed by atoms with E-state index in [1.807, 2.05) is 6.92 Å². The predicted molar refractivity (Wildman–Crippen MR) is 81.5 cm³/mol. The summed E-state index contributed by atoms with van der Waals surface area (Å²) in [5.41, 5.74) is 1.90. The van der Waals surface area contributed by atoms with Crippen LogP contribution < -0.4 is 4.72 Å². The Morgan fingerprint density at radius 2 is 2.05 bits per heavy atom. The molecule has 0 aliphatic rings. The zero-order valence-corrected chi connectivity index (χ0v) is 14.0. The van der Waals surface area contributed by atoms with E-state index < -0.39 is 10.0 Å². The Morgan fingerprint density at radius 1 is 1.37 bits per heavy atom. The number of anilines is 1. The molecule has 102 valence electrons. The smallest absolute Gasteiger partial charge is 0.271 e. The molecule has 0 radical (unpaired) electrons. The number of sulfonamides is 1. The van der Waals surface area contributed by atoms with Crippen molar-refractivity contribution in [1.29, 1.82) is 0 Å². The number of aryl methyl sites for hydroxylation is 2. The van der Waals surface area contributed by atoms with Gasteiger partial charge in [0.15, 0.2) is 5.15 Å². The highest BCUT2D eigenvalue weighted by Crippen LogP contribution is 2.33. The number of nitrogens with zero attached hydrogens (tertiary/aromatic N) is 1. The third kappa shape index (κ3) is 3.10. The Balaban J connectivity index is 2.42. The summed E-state index contributed by atoms with van der Waals surface area (Å²) < 4.78 is 28.0. The molecule has 0 aromatic carbocycles. The summed E-state index contributed by atoms with van der Waals surface area (Å²) in [5, 5.41) is 0.135. The minimum Gasteiger partial charge on any atom is -0.276 e. The molecule has 2 rings (SSSR count). The average Bonchev–Trinajstić information content (AvgIpc) is 2.66. The van der Waals surface area contributed by atoms with Crippen molar-refractivity contribution in [3.05, 3.63) is 38.4 Å². The molecule has 0 spiro atoms. The van der Waals surface area contributed by atoms with E-state index >= 15 is 0 Å². The van der Waals surface area contributed by atoms with Gasteiger partial charge in [-0.3, -0.25) is 4.72 Å². The van der Waals surface area contributed by atoms with E-state index in [-0.39, 0.29) is 9.36 Å². The number of halogens is 2. The van der Waals surface area contributed by atoms with Gasteiger partial charge in [0, 0.05) is 6.20 Å². The molecule has 1 N–H and O–H groups in total. The van der Waals surface area contributed by atoms with Crippen LogP contribution in [0.4, 0.5) is 5.69 Å². The van der Waals surface area contributed by atoms with Crippen LogP contribution in [0.1, 0.15) is 11.1 Å². The Hall–Kier alpha value is -0.630. The second-order valence-electron chi connectivity index (χ2n) is 3.92. The van der Waals surface area contributed by atoms with E-state index in [4.69, 9.17) is 11.6 Å². The molecule has 19 heavy (non-hydrogen) atoms. The highest BCUT2D eigenvalue weighted by atomic mass is 79.9.